The van der Waals surface area contributed by atoms with Crippen molar-refractivity contribution in [3.63, 3.8) is 0 Å². The Labute approximate surface area is 107 Å². The number of hydrogen-bond donors (Lipinski definition) is 0. The van der Waals surface area contributed by atoms with Gasteiger partial charge in [0.1, 0.15) is 12.1 Å². The average molecular weight is 255 g/mol. The first-order valence-electron chi connectivity index (χ1n) is 6.44. The minimum Gasteiger partial charge on any atom is -0.463 e. The summed E-state index contributed by atoms with van der Waals surface area (Å²) in [6, 6.07) is 0.340. The van der Waals surface area contributed by atoms with Gasteiger partial charge in [-0.1, -0.05) is 0 Å². The fraction of sp³-hybridized carbons (Fsp3) is 0.846. The normalized spacial score (nSPS) is 38.8. The SMILES string of the molecule is COCC1(COC(C)=O)C(=O)C2CCN1C(C)C2. The molecule has 0 spiro atoms. The number of fused-ring (bicyclic) bond motifs is 3. The first-order valence-corrected chi connectivity index (χ1v) is 6.44. The van der Waals surface area contributed by atoms with Crippen LogP contribution in [0.1, 0.15) is 26.7 Å². The number of esters is 1. The maximum atomic E-state index is 12.5. The van der Waals surface area contributed by atoms with E-state index in [0.29, 0.717) is 12.6 Å². The van der Waals surface area contributed by atoms with Gasteiger partial charge in [0.25, 0.3) is 0 Å². The highest BCUT2D eigenvalue weighted by Crippen LogP contribution is 2.40. The zero-order chi connectivity index (χ0) is 13.3. The summed E-state index contributed by atoms with van der Waals surface area (Å²) < 4.78 is 10.4. The number of rotatable bonds is 4. The smallest absolute Gasteiger partial charge is 0.302 e. The molecular weight excluding hydrogens is 234 g/mol. The highest BCUT2D eigenvalue weighted by molar-refractivity contribution is 5.92. The molecule has 3 rings (SSSR count). The van der Waals surface area contributed by atoms with Crippen molar-refractivity contribution in [2.75, 3.05) is 26.9 Å². The van der Waals surface area contributed by atoms with Crippen LogP contribution in [0, 0.1) is 5.92 Å². The number of nitrogens with zero attached hydrogens (tertiary/aromatic N) is 1. The van der Waals surface area contributed by atoms with Crippen LogP contribution in [0.5, 0.6) is 0 Å². The van der Waals surface area contributed by atoms with Crippen LogP contribution in [0.3, 0.4) is 0 Å². The molecule has 0 saturated carbocycles. The monoisotopic (exact) mass is 255 g/mol. The topological polar surface area (TPSA) is 55.8 Å². The van der Waals surface area contributed by atoms with E-state index in [9.17, 15) is 9.59 Å². The number of carbonyl (C=O) groups excluding carboxylic acids is 2. The molecule has 0 aliphatic carbocycles. The fourth-order valence-electron chi connectivity index (χ4n) is 3.38. The van der Waals surface area contributed by atoms with Gasteiger partial charge in [0, 0.05) is 32.5 Å². The van der Waals surface area contributed by atoms with E-state index >= 15 is 0 Å². The number of piperidine rings is 3. The Morgan fingerprint density at radius 2 is 2.22 bits per heavy atom. The van der Waals surface area contributed by atoms with Crippen LogP contribution in [0.2, 0.25) is 0 Å². The highest BCUT2D eigenvalue weighted by atomic mass is 16.5. The van der Waals surface area contributed by atoms with Crippen LogP contribution in [0.15, 0.2) is 0 Å². The van der Waals surface area contributed by atoms with E-state index in [1.54, 1.807) is 7.11 Å². The van der Waals surface area contributed by atoms with Crippen molar-refractivity contribution in [1.82, 2.24) is 4.90 Å². The minimum atomic E-state index is -0.763. The Balaban J connectivity index is 2.26. The summed E-state index contributed by atoms with van der Waals surface area (Å²) in [4.78, 5) is 25.7. The molecule has 0 aromatic heterocycles. The van der Waals surface area contributed by atoms with Gasteiger partial charge in [-0.2, -0.15) is 0 Å². The van der Waals surface area contributed by atoms with Crippen molar-refractivity contribution in [3.8, 4) is 0 Å². The molecule has 0 N–H and O–H groups in total. The molecule has 0 aromatic carbocycles. The molecule has 5 heteroatoms. The van der Waals surface area contributed by atoms with Gasteiger partial charge in [0.2, 0.25) is 0 Å². The molecule has 0 amide bonds. The van der Waals surface area contributed by atoms with Gasteiger partial charge in [0.05, 0.1) is 6.61 Å². The van der Waals surface area contributed by atoms with Crippen LogP contribution in [-0.2, 0) is 19.1 Å². The van der Waals surface area contributed by atoms with E-state index in [-0.39, 0.29) is 24.3 Å². The maximum Gasteiger partial charge on any atom is 0.302 e. The lowest BCUT2D eigenvalue weighted by Crippen LogP contribution is -2.71. The van der Waals surface area contributed by atoms with Crippen molar-refractivity contribution in [2.24, 2.45) is 5.92 Å². The summed E-state index contributed by atoms with van der Waals surface area (Å²) in [5.41, 5.74) is -0.763. The van der Waals surface area contributed by atoms with E-state index in [1.807, 2.05) is 0 Å². The summed E-state index contributed by atoms with van der Waals surface area (Å²) >= 11 is 0. The van der Waals surface area contributed by atoms with Gasteiger partial charge in [-0.05, 0) is 19.8 Å². The number of carbonyl (C=O) groups is 2. The second-order valence-electron chi connectivity index (χ2n) is 5.37. The molecule has 5 nitrogen and oxygen atoms in total. The Morgan fingerprint density at radius 3 is 2.78 bits per heavy atom. The van der Waals surface area contributed by atoms with Crippen LogP contribution >= 0.6 is 0 Å². The van der Waals surface area contributed by atoms with Crippen molar-refractivity contribution < 1.29 is 19.1 Å². The molecule has 3 saturated heterocycles. The van der Waals surface area contributed by atoms with Crippen LogP contribution in [0.25, 0.3) is 0 Å². The number of hydrogen-bond acceptors (Lipinski definition) is 5. The van der Waals surface area contributed by atoms with E-state index in [0.717, 1.165) is 19.4 Å². The number of Topliss-reactive ketones (excluding diaryl/α,β-unsaturated/α-hetero) is 1. The molecule has 4 atom stereocenters. The molecule has 3 fully saturated rings. The van der Waals surface area contributed by atoms with E-state index in [1.165, 1.54) is 6.92 Å². The predicted octanol–water partition coefficient (Wildman–Crippen LogP) is 0.618. The Morgan fingerprint density at radius 1 is 1.50 bits per heavy atom. The predicted molar refractivity (Wildman–Crippen MR) is 65.1 cm³/mol. The summed E-state index contributed by atoms with van der Waals surface area (Å²) in [5, 5.41) is 0. The standard InChI is InChI=1S/C13H21NO4/c1-9-6-11-4-5-14(9)13(7-17-3,12(11)16)8-18-10(2)15/h9,11H,4-8H2,1-3H3. The van der Waals surface area contributed by atoms with Crippen molar-refractivity contribution in [2.45, 2.75) is 38.3 Å². The molecular formula is C13H21NO4. The number of ether oxygens (including phenoxy) is 2. The lowest BCUT2D eigenvalue weighted by Gasteiger charge is -2.55. The fourth-order valence-corrected chi connectivity index (χ4v) is 3.38. The molecule has 18 heavy (non-hydrogen) atoms. The van der Waals surface area contributed by atoms with Gasteiger partial charge < -0.3 is 9.47 Å². The van der Waals surface area contributed by atoms with E-state index in [4.69, 9.17) is 9.47 Å². The Kier molecular flexibility index (Phi) is 3.73. The summed E-state index contributed by atoms with van der Waals surface area (Å²) in [6.07, 6.45) is 1.82. The van der Waals surface area contributed by atoms with Gasteiger partial charge in [-0.3, -0.25) is 14.5 Å². The molecule has 0 aromatic rings. The number of ketones is 1. The second kappa shape index (κ2) is 4.97. The zero-order valence-corrected chi connectivity index (χ0v) is 11.3. The van der Waals surface area contributed by atoms with Crippen molar-refractivity contribution in [3.05, 3.63) is 0 Å². The largest absolute Gasteiger partial charge is 0.463 e. The molecule has 3 aliphatic rings. The lowest BCUT2D eigenvalue weighted by molar-refractivity contribution is -0.172. The lowest BCUT2D eigenvalue weighted by atomic mass is 9.71. The quantitative estimate of drug-likeness (QED) is 0.689. The maximum absolute atomic E-state index is 12.5. The molecule has 3 heterocycles. The molecule has 0 radical (unpaired) electrons. The summed E-state index contributed by atoms with van der Waals surface area (Å²) in [6.45, 7) is 4.76. The molecule has 3 aliphatic heterocycles. The Hall–Kier alpha value is -0.940. The zero-order valence-electron chi connectivity index (χ0n) is 11.3. The summed E-state index contributed by atoms with van der Waals surface area (Å²) in [7, 11) is 1.58. The minimum absolute atomic E-state index is 0.0932. The summed E-state index contributed by atoms with van der Waals surface area (Å²) in [5.74, 6) is -0.0840. The Bertz CT molecular complexity index is 357. The third-order valence-electron chi connectivity index (χ3n) is 4.15. The third kappa shape index (κ3) is 2.06. The molecule has 4 unspecified atom stereocenters. The molecule has 102 valence electrons. The molecule has 2 bridgehead atoms. The highest BCUT2D eigenvalue weighted by Gasteiger charge is 2.56. The average Bonchev–Trinajstić information content (AvgIpc) is 2.32. The second-order valence-corrected chi connectivity index (χ2v) is 5.37. The van der Waals surface area contributed by atoms with Gasteiger partial charge in [-0.15, -0.1) is 0 Å². The van der Waals surface area contributed by atoms with Crippen LogP contribution in [0.4, 0.5) is 0 Å². The van der Waals surface area contributed by atoms with Crippen LogP contribution in [-0.4, -0.2) is 55.1 Å². The van der Waals surface area contributed by atoms with Crippen LogP contribution < -0.4 is 0 Å². The van der Waals surface area contributed by atoms with Gasteiger partial charge in [-0.25, -0.2) is 0 Å². The third-order valence-corrected chi connectivity index (χ3v) is 4.15. The van der Waals surface area contributed by atoms with E-state index in [2.05, 4.69) is 11.8 Å². The first kappa shape index (κ1) is 13.5. The van der Waals surface area contributed by atoms with Crippen molar-refractivity contribution >= 4 is 11.8 Å². The number of methoxy groups -OCH3 is 1. The first-order chi connectivity index (χ1) is 8.51. The van der Waals surface area contributed by atoms with E-state index < -0.39 is 5.54 Å². The van der Waals surface area contributed by atoms with Gasteiger partial charge in [0.15, 0.2) is 5.78 Å². The van der Waals surface area contributed by atoms with Gasteiger partial charge >= 0.3 is 5.97 Å². The van der Waals surface area contributed by atoms with Crippen molar-refractivity contribution in [1.29, 1.82) is 0 Å².